The van der Waals surface area contributed by atoms with Crippen molar-refractivity contribution in [3.63, 3.8) is 0 Å². The number of anilines is 1. The number of methoxy groups -OCH3 is 1. The summed E-state index contributed by atoms with van der Waals surface area (Å²) < 4.78 is 31.6. The summed E-state index contributed by atoms with van der Waals surface area (Å²) in [7, 11) is -0.396. The third kappa shape index (κ3) is 7.99. The molecule has 0 aromatic heterocycles. The molecule has 9 heteroatoms. The van der Waals surface area contributed by atoms with Gasteiger partial charge < -0.3 is 15.0 Å². The molecule has 0 saturated heterocycles. The van der Waals surface area contributed by atoms with Crippen LogP contribution in [0.4, 0.5) is 5.69 Å². The Hall–Kier alpha value is -3.07. The van der Waals surface area contributed by atoms with Gasteiger partial charge in [0.05, 0.1) is 19.1 Å². The Kier molecular flexibility index (Phi) is 10.1. The number of hydrogen-bond donors (Lipinski definition) is 1. The van der Waals surface area contributed by atoms with Gasteiger partial charge in [-0.25, -0.2) is 8.42 Å². The van der Waals surface area contributed by atoms with E-state index in [1.165, 1.54) is 10.6 Å². The lowest BCUT2D eigenvalue weighted by molar-refractivity contribution is -0.141. The molecule has 8 nitrogen and oxygen atoms in total. The van der Waals surface area contributed by atoms with Crippen LogP contribution in [0.25, 0.3) is 0 Å². The monoisotopic (exact) mass is 503 g/mol. The molecule has 2 aromatic rings. The van der Waals surface area contributed by atoms with Crippen LogP contribution >= 0.6 is 0 Å². The minimum Gasteiger partial charge on any atom is -0.497 e. The van der Waals surface area contributed by atoms with Crippen molar-refractivity contribution in [1.29, 1.82) is 0 Å². The highest BCUT2D eigenvalue weighted by molar-refractivity contribution is 7.92. The summed E-state index contributed by atoms with van der Waals surface area (Å²) in [4.78, 5) is 27.4. The number of sulfonamides is 1. The Morgan fingerprint density at radius 3 is 2.14 bits per heavy atom. The Bertz CT molecular complexity index is 1100. The molecular formula is C26H37N3O5S. The quantitative estimate of drug-likeness (QED) is 0.479. The Morgan fingerprint density at radius 1 is 1.06 bits per heavy atom. The normalized spacial score (nSPS) is 12.1. The van der Waals surface area contributed by atoms with Gasteiger partial charge in [-0.2, -0.15) is 0 Å². The number of amides is 2. The van der Waals surface area contributed by atoms with E-state index in [2.05, 4.69) is 5.32 Å². The van der Waals surface area contributed by atoms with Crippen molar-refractivity contribution < 1.29 is 22.7 Å². The van der Waals surface area contributed by atoms with E-state index in [1.807, 2.05) is 63.2 Å². The lowest BCUT2D eigenvalue weighted by Gasteiger charge is -2.31. The molecule has 0 saturated carbocycles. The lowest BCUT2D eigenvalue weighted by Crippen LogP contribution is -2.48. The first-order valence-electron chi connectivity index (χ1n) is 11.7. The SMILES string of the molecule is CCC(C(=O)NC)N(Cc1ccc(OC)cc1)C(=O)CCCN(c1cc(C)cc(C)c1)S(C)(=O)=O. The zero-order valence-electron chi connectivity index (χ0n) is 21.5. The second-order valence-corrected chi connectivity index (χ2v) is 10.6. The molecular weight excluding hydrogens is 466 g/mol. The molecule has 0 aliphatic rings. The summed E-state index contributed by atoms with van der Waals surface area (Å²) in [5.74, 6) is 0.268. The number of aryl methyl sites for hydroxylation is 2. The molecule has 0 heterocycles. The van der Waals surface area contributed by atoms with Crippen LogP contribution in [0.3, 0.4) is 0 Å². The second-order valence-electron chi connectivity index (χ2n) is 8.69. The zero-order valence-corrected chi connectivity index (χ0v) is 22.3. The van der Waals surface area contributed by atoms with Gasteiger partial charge in [-0.05, 0) is 67.6 Å². The third-order valence-corrected chi connectivity index (χ3v) is 6.98. The topological polar surface area (TPSA) is 96.0 Å². The molecule has 0 fully saturated rings. The first-order valence-corrected chi connectivity index (χ1v) is 13.5. The highest BCUT2D eigenvalue weighted by Gasteiger charge is 2.28. The van der Waals surface area contributed by atoms with Crippen LogP contribution in [0, 0.1) is 13.8 Å². The summed E-state index contributed by atoms with van der Waals surface area (Å²) in [5, 5.41) is 2.64. The molecule has 2 rings (SSSR count). The maximum absolute atomic E-state index is 13.3. The van der Waals surface area contributed by atoms with Crippen LogP contribution in [0.1, 0.15) is 42.9 Å². The Labute approximate surface area is 209 Å². The minimum absolute atomic E-state index is 0.112. The van der Waals surface area contributed by atoms with Gasteiger partial charge in [0.2, 0.25) is 21.8 Å². The number of nitrogens with one attached hydrogen (secondary N) is 1. The van der Waals surface area contributed by atoms with Crippen LogP contribution < -0.4 is 14.4 Å². The molecule has 0 radical (unpaired) electrons. The fourth-order valence-corrected chi connectivity index (χ4v) is 5.06. The maximum atomic E-state index is 13.3. The highest BCUT2D eigenvalue weighted by Crippen LogP contribution is 2.23. The van der Waals surface area contributed by atoms with E-state index in [9.17, 15) is 18.0 Å². The fourth-order valence-electron chi connectivity index (χ4n) is 4.11. The van der Waals surface area contributed by atoms with Crippen molar-refractivity contribution in [2.45, 2.75) is 52.6 Å². The third-order valence-electron chi connectivity index (χ3n) is 5.79. The minimum atomic E-state index is -3.53. The van der Waals surface area contributed by atoms with Gasteiger partial charge in [0.1, 0.15) is 11.8 Å². The first-order chi connectivity index (χ1) is 16.5. The average Bonchev–Trinajstić information content (AvgIpc) is 2.80. The van der Waals surface area contributed by atoms with Gasteiger partial charge in [0.15, 0.2) is 0 Å². The number of rotatable bonds is 12. The second kappa shape index (κ2) is 12.6. The van der Waals surface area contributed by atoms with Crippen LogP contribution in [0.2, 0.25) is 0 Å². The molecule has 35 heavy (non-hydrogen) atoms. The first kappa shape index (κ1) is 28.2. The Morgan fingerprint density at radius 2 is 1.66 bits per heavy atom. The molecule has 1 unspecified atom stereocenters. The molecule has 1 atom stereocenters. The van der Waals surface area contributed by atoms with Crippen molar-refractivity contribution in [3.05, 3.63) is 59.2 Å². The van der Waals surface area contributed by atoms with Crippen molar-refractivity contribution in [2.24, 2.45) is 0 Å². The largest absolute Gasteiger partial charge is 0.497 e. The number of nitrogens with zero attached hydrogens (tertiary/aromatic N) is 2. The molecule has 2 amide bonds. The van der Waals surface area contributed by atoms with Crippen LogP contribution in [0.15, 0.2) is 42.5 Å². The predicted molar refractivity (Wildman–Crippen MR) is 139 cm³/mol. The molecule has 1 N–H and O–H groups in total. The Balaban J connectivity index is 2.21. The molecule has 2 aromatic carbocycles. The van der Waals surface area contributed by atoms with E-state index in [0.29, 0.717) is 24.3 Å². The zero-order chi connectivity index (χ0) is 26.2. The molecule has 0 aliphatic heterocycles. The van der Waals surface area contributed by atoms with E-state index >= 15 is 0 Å². The summed E-state index contributed by atoms with van der Waals surface area (Å²) in [6.45, 7) is 6.13. The molecule has 0 spiro atoms. The van der Waals surface area contributed by atoms with Crippen LogP contribution in [-0.4, -0.2) is 58.1 Å². The molecule has 0 bridgehead atoms. The van der Waals surface area contributed by atoms with E-state index in [1.54, 1.807) is 19.1 Å². The summed E-state index contributed by atoms with van der Waals surface area (Å²) in [6.07, 6.45) is 2.06. The van der Waals surface area contributed by atoms with E-state index in [0.717, 1.165) is 16.7 Å². The highest BCUT2D eigenvalue weighted by atomic mass is 32.2. The number of carbonyl (C=O) groups excluding carboxylic acids is 2. The number of likely N-dealkylation sites (N-methyl/N-ethyl adjacent to an activating group) is 1. The standard InChI is InChI=1S/C26H37N3O5S/c1-7-24(26(31)27-4)28(18-21-10-12-23(34-5)13-11-21)25(30)9-8-14-29(35(6,32)33)22-16-19(2)15-20(3)17-22/h10-13,15-17,24H,7-9,14,18H2,1-6H3,(H,27,31). The van der Waals surface area contributed by atoms with Gasteiger partial charge in [0.25, 0.3) is 0 Å². The lowest BCUT2D eigenvalue weighted by atomic mass is 10.1. The number of carbonyl (C=O) groups is 2. The van der Waals surface area contributed by atoms with Crippen molar-refractivity contribution in [1.82, 2.24) is 10.2 Å². The van der Waals surface area contributed by atoms with Crippen molar-refractivity contribution in [2.75, 3.05) is 31.3 Å². The molecule has 192 valence electrons. The van der Waals surface area contributed by atoms with Crippen LogP contribution in [0.5, 0.6) is 5.75 Å². The molecule has 0 aliphatic carbocycles. The maximum Gasteiger partial charge on any atom is 0.242 e. The number of hydrogen-bond acceptors (Lipinski definition) is 5. The number of benzene rings is 2. The summed E-state index contributed by atoms with van der Waals surface area (Å²) >= 11 is 0. The van der Waals surface area contributed by atoms with Gasteiger partial charge in [-0.1, -0.05) is 25.1 Å². The van der Waals surface area contributed by atoms with Gasteiger partial charge >= 0.3 is 0 Å². The van der Waals surface area contributed by atoms with E-state index in [4.69, 9.17) is 4.74 Å². The van der Waals surface area contributed by atoms with Gasteiger partial charge in [-0.3, -0.25) is 13.9 Å². The fraction of sp³-hybridized carbons (Fsp3) is 0.462. The summed E-state index contributed by atoms with van der Waals surface area (Å²) in [6, 6.07) is 12.4. The smallest absolute Gasteiger partial charge is 0.242 e. The van der Waals surface area contributed by atoms with Gasteiger partial charge in [0, 0.05) is 26.6 Å². The van der Waals surface area contributed by atoms with Crippen molar-refractivity contribution >= 4 is 27.5 Å². The van der Waals surface area contributed by atoms with Crippen molar-refractivity contribution in [3.8, 4) is 5.75 Å². The van der Waals surface area contributed by atoms with E-state index in [-0.39, 0.29) is 31.3 Å². The average molecular weight is 504 g/mol. The van der Waals surface area contributed by atoms with Crippen LogP contribution in [-0.2, 0) is 26.2 Å². The van der Waals surface area contributed by atoms with Gasteiger partial charge in [-0.15, -0.1) is 0 Å². The number of ether oxygens (including phenoxy) is 1. The van der Waals surface area contributed by atoms with E-state index < -0.39 is 16.1 Å². The summed E-state index contributed by atoms with van der Waals surface area (Å²) in [5.41, 5.74) is 3.39. The predicted octanol–water partition coefficient (Wildman–Crippen LogP) is 3.41.